The van der Waals surface area contributed by atoms with Crippen LogP contribution in [0.2, 0.25) is 0 Å². The summed E-state index contributed by atoms with van der Waals surface area (Å²) in [6, 6.07) is 3.05. The van der Waals surface area contributed by atoms with Gasteiger partial charge in [0, 0.05) is 25.2 Å². The first-order chi connectivity index (χ1) is 6.59. The van der Waals surface area contributed by atoms with Gasteiger partial charge in [-0.1, -0.05) is 6.07 Å². The minimum atomic E-state index is -4.34. The monoisotopic (exact) mass is 202 g/mol. The molecule has 0 aromatic carbocycles. The second kappa shape index (κ2) is 3.24. The standard InChI is InChI=1S/C9H9F3N2/c10-9(11,12)8-7(2-1-3-14-8)6-4-13-5-6/h1-3,6,13H,4-5H2. The summed E-state index contributed by atoms with van der Waals surface area (Å²) in [4.78, 5) is 3.40. The third kappa shape index (κ3) is 1.59. The number of hydrogen-bond donors (Lipinski definition) is 1. The fraction of sp³-hybridized carbons (Fsp3) is 0.444. The van der Waals surface area contributed by atoms with Crippen LogP contribution >= 0.6 is 0 Å². The van der Waals surface area contributed by atoms with Crippen LogP contribution in [0.3, 0.4) is 0 Å². The summed E-state index contributed by atoms with van der Waals surface area (Å²) in [5, 5.41) is 2.94. The number of hydrogen-bond acceptors (Lipinski definition) is 2. The van der Waals surface area contributed by atoms with E-state index in [0.717, 1.165) is 0 Å². The highest BCUT2D eigenvalue weighted by Gasteiger charge is 2.37. The van der Waals surface area contributed by atoms with Gasteiger partial charge in [0.05, 0.1) is 0 Å². The van der Waals surface area contributed by atoms with E-state index in [1.165, 1.54) is 12.3 Å². The van der Waals surface area contributed by atoms with Crippen LogP contribution in [0.1, 0.15) is 17.2 Å². The lowest BCUT2D eigenvalue weighted by atomic mass is 9.92. The summed E-state index contributed by atoms with van der Waals surface area (Å²) in [5.41, 5.74) is -0.440. The van der Waals surface area contributed by atoms with E-state index in [1.54, 1.807) is 6.07 Å². The maximum atomic E-state index is 12.5. The fourth-order valence-corrected chi connectivity index (χ4v) is 1.49. The zero-order valence-electron chi connectivity index (χ0n) is 7.30. The lowest BCUT2D eigenvalue weighted by Gasteiger charge is -2.29. The molecule has 2 nitrogen and oxygen atoms in total. The van der Waals surface area contributed by atoms with Gasteiger partial charge < -0.3 is 5.32 Å². The van der Waals surface area contributed by atoms with Gasteiger partial charge in [0.25, 0.3) is 0 Å². The molecular weight excluding hydrogens is 193 g/mol. The highest BCUT2D eigenvalue weighted by atomic mass is 19.4. The first kappa shape index (κ1) is 9.45. The molecule has 5 heteroatoms. The van der Waals surface area contributed by atoms with Gasteiger partial charge in [0.2, 0.25) is 0 Å². The molecule has 1 aromatic heterocycles. The van der Waals surface area contributed by atoms with E-state index in [1.807, 2.05) is 0 Å². The summed E-state index contributed by atoms with van der Waals surface area (Å²) in [6.45, 7) is 1.21. The minimum absolute atomic E-state index is 0.0414. The average molecular weight is 202 g/mol. The summed E-state index contributed by atoms with van der Waals surface area (Å²) < 4.78 is 37.5. The number of pyridine rings is 1. The maximum Gasteiger partial charge on any atom is 0.433 e. The van der Waals surface area contributed by atoms with Gasteiger partial charge in [0.15, 0.2) is 0 Å². The van der Waals surface area contributed by atoms with Gasteiger partial charge in [-0.05, 0) is 11.6 Å². The van der Waals surface area contributed by atoms with Crippen molar-refractivity contribution < 1.29 is 13.2 Å². The Morgan fingerprint density at radius 2 is 2.07 bits per heavy atom. The van der Waals surface area contributed by atoms with Crippen molar-refractivity contribution in [1.29, 1.82) is 0 Å². The number of rotatable bonds is 1. The van der Waals surface area contributed by atoms with Crippen molar-refractivity contribution >= 4 is 0 Å². The van der Waals surface area contributed by atoms with Gasteiger partial charge in [-0.2, -0.15) is 13.2 Å². The lowest BCUT2D eigenvalue weighted by molar-refractivity contribution is -0.142. The predicted molar refractivity (Wildman–Crippen MR) is 44.8 cm³/mol. The van der Waals surface area contributed by atoms with Gasteiger partial charge >= 0.3 is 6.18 Å². The summed E-state index contributed by atoms with van der Waals surface area (Å²) in [5.74, 6) is -0.0414. The summed E-state index contributed by atoms with van der Waals surface area (Å²) in [7, 11) is 0. The molecule has 0 spiro atoms. The van der Waals surface area contributed by atoms with E-state index in [0.29, 0.717) is 18.7 Å². The van der Waals surface area contributed by atoms with Crippen LogP contribution in [0.25, 0.3) is 0 Å². The van der Waals surface area contributed by atoms with Crippen LogP contribution in [0.15, 0.2) is 18.3 Å². The van der Waals surface area contributed by atoms with Gasteiger partial charge in [-0.3, -0.25) is 4.98 Å². The highest BCUT2D eigenvalue weighted by molar-refractivity contribution is 5.28. The molecule has 76 valence electrons. The van der Waals surface area contributed by atoms with Crippen molar-refractivity contribution in [3.63, 3.8) is 0 Å². The van der Waals surface area contributed by atoms with Crippen LogP contribution in [0, 0.1) is 0 Å². The number of nitrogens with zero attached hydrogens (tertiary/aromatic N) is 1. The SMILES string of the molecule is FC(F)(F)c1ncccc1C1CNC1. The molecule has 1 saturated heterocycles. The van der Waals surface area contributed by atoms with Gasteiger partial charge in [0.1, 0.15) is 5.69 Å². The Bertz CT molecular complexity index is 331. The first-order valence-electron chi connectivity index (χ1n) is 4.32. The van der Waals surface area contributed by atoms with Gasteiger partial charge in [-0.15, -0.1) is 0 Å². The van der Waals surface area contributed by atoms with E-state index < -0.39 is 11.9 Å². The maximum absolute atomic E-state index is 12.5. The van der Waals surface area contributed by atoms with Crippen molar-refractivity contribution in [2.75, 3.05) is 13.1 Å². The van der Waals surface area contributed by atoms with Crippen molar-refractivity contribution in [3.05, 3.63) is 29.6 Å². The summed E-state index contributed by atoms with van der Waals surface area (Å²) >= 11 is 0. The zero-order chi connectivity index (χ0) is 10.2. The predicted octanol–water partition coefficient (Wildman–Crippen LogP) is 1.79. The molecule has 0 amide bonds. The molecule has 0 aliphatic carbocycles. The van der Waals surface area contributed by atoms with Crippen molar-refractivity contribution in [3.8, 4) is 0 Å². The first-order valence-corrected chi connectivity index (χ1v) is 4.32. The second-order valence-electron chi connectivity index (χ2n) is 3.29. The highest BCUT2D eigenvalue weighted by Crippen LogP contribution is 2.34. The van der Waals surface area contributed by atoms with Crippen molar-refractivity contribution in [2.45, 2.75) is 12.1 Å². The molecule has 1 aliphatic heterocycles. The molecule has 0 unspecified atom stereocenters. The third-order valence-electron chi connectivity index (χ3n) is 2.33. The Labute approximate surface area is 79.2 Å². The zero-order valence-corrected chi connectivity index (χ0v) is 7.30. The Morgan fingerprint density at radius 1 is 1.36 bits per heavy atom. The number of nitrogens with one attached hydrogen (secondary N) is 1. The Kier molecular flexibility index (Phi) is 2.19. The number of aromatic nitrogens is 1. The number of alkyl halides is 3. The minimum Gasteiger partial charge on any atom is -0.315 e. The normalized spacial score (nSPS) is 17.9. The third-order valence-corrected chi connectivity index (χ3v) is 2.33. The topological polar surface area (TPSA) is 24.9 Å². The van der Waals surface area contributed by atoms with E-state index in [-0.39, 0.29) is 5.92 Å². The molecule has 14 heavy (non-hydrogen) atoms. The molecule has 1 N–H and O–H groups in total. The van der Waals surface area contributed by atoms with Crippen LogP contribution in [-0.4, -0.2) is 18.1 Å². The Hall–Kier alpha value is -1.10. The van der Waals surface area contributed by atoms with Crippen LogP contribution in [-0.2, 0) is 6.18 Å². The average Bonchev–Trinajstić information content (AvgIpc) is 2.00. The van der Waals surface area contributed by atoms with Gasteiger partial charge in [-0.25, -0.2) is 0 Å². The van der Waals surface area contributed by atoms with Crippen LogP contribution in [0.5, 0.6) is 0 Å². The lowest BCUT2D eigenvalue weighted by Crippen LogP contribution is -2.41. The molecular formula is C9H9F3N2. The molecule has 1 aromatic rings. The Balaban J connectivity index is 2.38. The van der Waals surface area contributed by atoms with E-state index in [4.69, 9.17) is 0 Å². The molecule has 0 radical (unpaired) electrons. The fourth-order valence-electron chi connectivity index (χ4n) is 1.49. The van der Waals surface area contributed by atoms with E-state index in [9.17, 15) is 13.2 Å². The van der Waals surface area contributed by atoms with Crippen LogP contribution in [0.4, 0.5) is 13.2 Å². The molecule has 1 aliphatic rings. The molecule has 2 rings (SSSR count). The van der Waals surface area contributed by atoms with Crippen molar-refractivity contribution in [2.24, 2.45) is 0 Å². The molecule has 0 atom stereocenters. The quantitative estimate of drug-likeness (QED) is 0.750. The molecule has 0 bridgehead atoms. The smallest absolute Gasteiger partial charge is 0.315 e. The second-order valence-corrected chi connectivity index (χ2v) is 3.29. The van der Waals surface area contributed by atoms with E-state index in [2.05, 4.69) is 10.3 Å². The van der Waals surface area contributed by atoms with Crippen LogP contribution < -0.4 is 5.32 Å². The largest absolute Gasteiger partial charge is 0.433 e. The molecule has 0 saturated carbocycles. The molecule has 1 fully saturated rings. The van der Waals surface area contributed by atoms with E-state index >= 15 is 0 Å². The Morgan fingerprint density at radius 3 is 2.57 bits per heavy atom. The summed E-state index contributed by atoms with van der Waals surface area (Å²) in [6.07, 6.45) is -3.16. The number of halogens is 3. The molecule has 2 heterocycles. The van der Waals surface area contributed by atoms with Crippen molar-refractivity contribution in [1.82, 2.24) is 10.3 Å².